The number of amides is 2. The van der Waals surface area contributed by atoms with Gasteiger partial charge in [0.1, 0.15) is 11.1 Å². The van der Waals surface area contributed by atoms with Crippen molar-refractivity contribution in [3.05, 3.63) is 57.7 Å². The lowest BCUT2D eigenvalue weighted by atomic mass is 9.72. The van der Waals surface area contributed by atoms with E-state index in [9.17, 15) is 14.9 Å². The zero-order chi connectivity index (χ0) is 27.4. The topological polar surface area (TPSA) is 113 Å². The molecule has 2 N–H and O–H groups in total. The smallest absolute Gasteiger partial charge is 0.251 e. The van der Waals surface area contributed by atoms with Crippen molar-refractivity contribution in [2.24, 2.45) is 11.3 Å². The lowest BCUT2D eigenvalue weighted by molar-refractivity contribution is -0.113. The summed E-state index contributed by atoms with van der Waals surface area (Å²) in [5.41, 5.74) is 2.50. The molecule has 8 nitrogen and oxygen atoms in total. The molecule has 0 radical (unpaired) electrons. The number of fused-ring (bicyclic) bond motifs is 1. The molecule has 1 aliphatic rings. The third kappa shape index (κ3) is 6.11. The predicted octanol–water partition coefficient (Wildman–Crippen LogP) is 5.60. The van der Waals surface area contributed by atoms with Crippen LogP contribution < -0.4 is 10.6 Å². The number of nitrogens with one attached hydrogen (secondary N) is 2. The van der Waals surface area contributed by atoms with Gasteiger partial charge >= 0.3 is 0 Å². The molecule has 2 aromatic heterocycles. The molecular formula is C28H34N6O2S2. The van der Waals surface area contributed by atoms with Gasteiger partial charge in [0.2, 0.25) is 5.91 Å². The third-order valence-electron chi connectivity index (χ3n) is 7.02. The Morgan fingerprint density at radius 1 is 1.26 bits per heavy atom. The molecule has 1 aliphatic carbocycles. The quantitative estimate of drug-likeness (QED) is 0.353. The molecule has 3 aromatic rings. The van der Waals surface area contributed by atoms with E-state index in [1.807, 2.05) is 36.6 Å². The monoisotopic (exact) mass is 550 g/mol. The number of rotatable bonds is 8. The Labute approximate surface area is 232 Å². The van der Waals surface area contributed by atoms with Crippen LogP contribution in [-0.2, 0) is 24.2 Å². The SMILES string of the molecule is CCn1c(SCC(=O)Nc2sc3c(c2C#N)CC[C@@H](C(C)(C)C)C3)nnc1[C@@H](C)NC(=O)c1ccccc1. The minimum absolute atomic E-state index is 0.140. The first-order valence-electron chi connectivity index (χ1n) is 12.9. The maximum Gasteiger partial charge on any atom is 0.251 e. The number of nitrogens with zero attached hydrogens (tertiary/aromatic N) is 4. The van der Waals surface area contributed by atoms with Gasteiger partial charge in [-0.05, 0) is 62.1 Å². The van der Waals surface area contributed by atoms with Gasteiger partial charge in [-0.2, -0.15) is 5.26 Å². The van der Waals surface area contributed by atoms with Gasteiger partial charge in [-0.15, -0.1) is 21.5 Å². The second kappa shape index (κ2) is 11.7. The first-order chi connectivity index (χ1) is 18.1. The fourth-order valence-corrected chi connectivity index (χ4v) is 6.89. The van der Waals surface area contributed by atoms with Crippen molar-refractivity contribution in [2.45, 2.75) is 71.6 Å². The van der Waals surface area contributed by atoms with Gasteiger partial charge < -0.3 is 15.2 Å². The van der Waals surface area contributed by atoms with Gasteiger partial charge in [0.25, 0.3) is 5.91 Å². The summed E-state index contributed by atoms with van der Waals surface area (Å²) in [6.45, 7) is 11.2. The zero-order valence-electron chi connectivity index (χ0n) is 22.5. The Morgan fingerprint density at radius 2 is 2.00 bits per heavy atom. The molecule has 0 aliphatic heterocycles. The number of anilines is 1. The summed E-state index contributed by atoms with van der Waals surface area (Å²) in [7, 11) is 0. The Balaban J connectivity index is 1.40. The van der Waals surface area contributed by atoms with Crippen LogP contribution in [0, 0.1) is 22.7 Å². The molecule has 1 aromatic carbocycles. The number of aromatic nitrogens is 3. The van der Waals surface area contributed by atoms with Crippen molar-refractivity contribution in [2.75, 3.05) is 11.1 Å². The van der Waals surface area contributed by atoms with E-state index in [0.717, 1.165) is 24.8 Å². The standard InChI is InChI=1S/C28H34N6O2S2/c1-6-34-24(17(2)30-25(36)18-10-8-7-9-11-18)32-33-27(34)37-16-23(35)31-26-21(15-29)20-13-12-19(28(3,4)5)14-22(20)38-26/h7-11,17,19H,6,12-14,16H2,1-5H3,(H,30,36)(H,31,35)/t17-,19-/m1/s1. The van der Waals surface area contributed by atoms with Gasteiger partial charge in [0.05, 0.1) is 17.4 Å². The summed E-state index contributed by atoms with van der Waals surface area (Å²) < 4.78 is 1.91. The fraction of sp³-hybridized carbons (Fsp3) is 0.464. The average Bonchev–Trinajstić information content (AvgIpc) is 3.47. The largest absolute Gasteiger partial charge is 0.342 e. The zero-order valence-corrected chi connectivity index (χ0v) is 24.1. The highest BCUT2D eigenvalue weighted by Gasteiger charge is 2.32. The molecule has 10 heteroatoms. The van der Waals surface area contributed by atoms with E-state index in [-0.39, 0.29) is 29.0 Å². The van der Waals surface area contributed by atoms with Crippen molar-refractivity contribution in [1.29, 1.82) is 5.26 Å². The Morgan fingerprint density at radius 3 is 2.66 bits per heavy atom. The average molecular weight is 551 g/mol. The summed E-state index contributed by atoms with van der Waals surface area (Å²) in [5.74, 6) is 0.966. The van der Waals surface area contributed by atoms with E-state index in [2.05, 4.69) is 47.7 Å². The van der Waals surface area contributed by atoms with Crippen LogP contribution in [-0.4, -0.2) is 32.3 Å². The second-order valence-electron chi connectivity index (χ2n) is 10.6. The van der Waals surface area contributed by atoms with E-state index in [1.165, 1.54) is 28.0 Å². The fourth-order valence-electron chi connectivity index (χ4n) is 4.78. The van der Waals surface area contributed by atoms with Gasteiger partial charge in [0.15, 0.2) is 11.0 Å². The molecule has 4 rings (SSSR count). The molecule has 2 amide bonds. The van der Waals surface area contributed by atoms with Crippen LogP contribution in [0.2, 0.25) is 0 Å². The minimum atomic E-state index is -0.356. The summed E-state index contributed by atoms with van der Waals surface area (Å²) >= 11 is 2.83. The summed E-state index contributed by atoms with van der Waals surface area (Å²) in [6, 6.07) is 11.0. The number of nitriles is 1. The normalized spacial score (nSPS) is 15.8. The molecule has 0 saturated carbocycles. The molecule has 38 heavy (non-hydrogen) atoms. The molecule has 0 fully saturated rings. The minimum Gasteiger partial charge on any atom is -0.342 e. The van der Waals surface area contributed by atoms with Crippen molar-refractivity contribution < 1.29 is 9.59 Å². The van der Waals surface area contributed by atoms with Crippen molar-refractivity contribution in [3.63, 3.8) is 0 Å². The summed E-state index contributed by atoms with van der Waals surface area (Å²) in [6.07, 6.45) is 2.89. The maximum absolute atomic E-state index is 12.9. The number of carbonyl (C=O) groups is 2. The van der Waals surface area contributed by atoms with E-state index in [4.69, 9.17) is 0 Å². The van der Waals surface area contributed by atoms with E-state index < -0.39 is 0 Å². The van der Waals surface area contributed by atoms with E-state index in [0.29, 0.717) is 39.6 Å². The van der Waals surface area contributed by atoms with Gasteiger partial charge in [-0.1, -0.05) is 50.7 Å². The first kappa shape index (κ1) is 27.9. The Kier molecular flexibility index (Phi) is 8.58. The van der Waals surface area contributed by atoms with Crippen LogP contribution in [0.15, 0.2) is 35.5 Å². The number of hydrogen-bond acceptors (Lipinski definition) is 7. The van der Waals surface area contributed by atoms with Crippen molar-refractivity contribution in [3.8, 4) is 6.07 Å². The summed E-state index contributed by atoms with van der Waals surface area (Å²) in [5, 5.41) is 25.6. The third-order valence-corrected chi connectivity index (χ3v) is 9.16. The molecule has 2 atom stereocenters. The number of carbonyl (C=O) groups excluding carboxylic acids is 2. The Bertz CT molecular complexity index is 1350. The number of hydrogen-bond donors (Lipinski definition) is 2. The summed E-state index contributed by atoms with van der Waals surface area (Å²) in [4.78, 5) is 26.7. The van der Waals surface area contributed by atoms with Crippen molar-refractivity contribution >= 4 is 39.9 Å². The van der Waals surface area contributed by atoms with Crippen molar-refractivity contribution in [1.82, 2.24) is 20.1 Å². The lowest BCUT2D eigenvalue weighted by Crippen LogP contribution is -2.28. The maximum atomic E-state index is 12.9. The van der Waals surface area contributed by atoms with Crippen LogP contribution in [0.4, 0.5) is 5.00 Å². The second-order valence-corrected chi connectivity index (χ2v) is 12.7. The van der Waals surface area contributed by atoms with Gasteiger partial charge in [-0.3, -0.25) is 9.59 Å². The highest BCUT2D eigenvalue weighted by Crippen LogP contribution is 2.44. The number of thiophene rings is 1. The molecule has 0 saturated heterocycles. The number of benzene rings is 1. The van der Waals surface area contributed by atoms with Crippen LogP contribution >= 0.6 is 23.1 Å². The Hall–Kier alpha value is -3.16. The van der Waals surface area contributed by atoms with E-state index >= 15 is 0 Å². The van der Waals surface area contributed by atoms with Gasteiger partial charge in [0, 0.05) is 17.0 Å². The first-order valence-corrected chi connectivity index (χ1v) is 14.7. The van der Waals surface area contributed by atoms with Crippen LogP contribution in [0.25, 0.3) is 0 Å². The van der Waals surface area contributed by atoms with E-state index in [1.54, 1.807) is 12.1 Å². The highest BCUT2D eigenvalue weighted by atomic mass is 32.2. The van der Waals surface area contributed by atoms with Crippen LogP contribution in [0.3, 0.4) is 0 Å². The molecule has 200 valence electrons. The van der Waals surface area contributed by atoms with Crippen LogP contribution in [0.5, 0.6) is 0 Å². The molecular weight excluding hydrogens is 516 g/mol. The molecule has 0 bridgehead atoms. The molecule has 0 spiro atoms. The molecule has 2 heterocycles. The lowest BCUT2D eigenvalue weighted by Gasteiger charge is -2.33. The highest BCUT2D eigenvalue weighted by molar-refractivity contribution is 7.99. The van der Waals surface area contributed by atoms with Crippen LogP contribution in [0.1, 0.15) is 79.3 Å². The molecule has 0 unspecified atom stereocenters. The number of thioether (sulfide) groups is 1. The van der Waals surface area contributed by atoms with Gasteiger partial charge in [-0.25, -0.2) is 0 Å². The predicted molar refractivity (Wildman–Crippen MR) is 151 cm³/mol.